The van der Waals surface area contributed by atoms with Crippen LogP contribution in [0.3, 0.4) is 0 Å². The lowest BCUT2D eigenvalue weighted by Crippen LogP contribution is -2.31. The highest BCUT2D eigenvalue weighted by Crippen LogP contribution is 2.21. The van der Waals surface area contributed by atoms with Crippen LogP contribution in [0.4, 0.5) is 5.69 Å². The Hall–Kier alpha value is -2.38. The van der Waals surface area contributed by atoms with Crippen LogP contribution >= 0.6 is 0 Å². The van der Waals surface area contributed by atoms with Crippen LogP contribution in [-0.2, 0) is 14.8 Å². The standard InChI is InChI=1S/C20H24N2O4S/c1-14-5-10-19(15(2)12-14)22-27(24,25)18-8-6-16(7-9-18)20(23)21-13-17-4-3-11-26-17/h5-10,12,17,22H,3-4,11,13H2,1-2H3,(H,21,23). The van der Waals surface area contributed by atoms with E-state index in [0.717, 1.165) is 30.6 Å². The minimum absolute atomic E-state index is 0.0653. The molecular weight excluding hydrogens is 364 g/mol. The minimum atomic E-state index is -3.72. The lowest BCUT2D eigenvalue weighted by molar-refractivity contribution is 0.0857. The van der Waals surface area contributed by atoms with Gasteiger partial charge in [0.15, 0.2) is 0 Å². The molecule has 1 fully saturated rings. The molecule has 0 saturated carbocycles. The second-order valence-corrected chi connectivity index (χ2v) is 8.48. The Morgan fingerprint density at radius 3 is 2.52 bits per heavy atom. The number of ether oxygens (including phenoxy) is 1. The van der Waals surface area contributed by atoms with Crippen LogP contribution in [0.1, 0.15) is 34.3 Å². The zero-order valence-electron chi connectivity index (χ0n) is 15.5. The Labute approximate surface area is 160 Å². The van der Waals surface area contributed by atoms with Crippen LogP contribution < -0.4 is 10.0 Å². The topological polar surface area (TPSA) is 84.5 Å². The summed E-state index contributed by atoms with van der Waals surface area (Å²) >= 11 is 0. The van der Waals surface area contributed by atoms with Crippen molar-refractivity contribution in [3.05, 3.63) is 59.2 Å². The number of hydrogen-bond acceptors (Lipinski definition) is 4. The van der Waals surface area contributed by atoms with Gasteiger partial charge in [-0.2, -0.15) is 0 Å². The Morgan fingerprint density at radius 2 is 1.89 bits per heavy atom. The summed E-state index contributed by atoms with van der Waals surface area (Å²) in [5, 5.41) is 2.82. The summed E-state index contributed by atoms with van der Waals surface area (Å²) < 4.78 is 33.3. The first-order chi connectivity index (χ1) is 12.8. The first-order valence-corrected chi connectivity index (χ1v) is 10.4. The number of amides is 1. The van der Waals surface area contributed by atoms with Crippen LogP contribution in [0, 0.1) is 13.8 Å². The molecule has 2 aromatic rings. The summed E-state index contributed by atoms with van der Waals surface area (Å²) in [6, 6.07) is 11.4. The first kappa shape index (κ1) is 19.4. The van der Waals surface area contributed by atoms with Gasteiger partial charge in [0.05, 0.1) is 16.7 Å². The van der Waals surface area contributed by atoms with E-state index in [1.54, 1.807) is 6.07 Å². The smallest absolute Gasteiger partial charge is 0.261 e. The highest BCUT2D eigenvalue weighted by Gasteiger charge is 2.18. The van der Waals surface area contributed by atoms with E-state index in [1.165, 1.54) is 24.3 Å². The molecule has 1 aliphatic rings. The molecule has 1 atom stereocenters. The Bertz CT molecular complexity index is 917. The van der Waals surface area contributed by atoms with Crippen LogP contribution in [0.5, 0.6) is 0 Å². The van der Waals surface area contributed by atoms with Gasteiger partial charge in [-0.05, 0) is 62.6 Å². The molecule has 6 nitrogen and oxygen atoms in total. The van der Waals surface area contributed by atoms with Gasteiger partial charge in [0.25, 0.3) is 15.9 Å². The summed E-state index contributed by atoms with van der Waals surface area (Å²) in [6.07, 6.45) is 2.03. The Morgan fingerprint density at radius 1 is 1.15 bits per heavy atom. The van der Waals surface area contributed by atoms with Crippen molar-refractivity contribution in [3.8, 4) is 0 Å². The van der Waals surface area contributed by atoms with Gasteiger partial charge in [-0.25, -0.2) is 8.42 Å². The number of carbonyl (C=O) groups excluding carboxylic acids is 1. The van der Waals surface area contributed by atoms with Crippen molar-refractivity contribution in [2.75, 3.05) is 17.9 Å². The van der Waals surface area contributed by atoms with Crippen LogP contribution in [0.25, 0.3) is 0 Å². The van der Waals surface area contributed by atoms with Gasteiger partial charge in [0.1, 0.15) is 0 Å². The zero-order chi connectivity index (χ0) is 19.4. The van der Waals surface area contributed by atoms with Gasteiger partial charge >= 0.3 is 0 Å². The number of carbonyl (C=O) groups is 1. The second kappa shape index (κ2) is 8.10. The van der Waals surface area contributed by atoms with E-state index in [0.29, 0.717) is 17.8 Å². The second-order valence-electron chi connectivity index (χ2n) is 6.79. The predicted octanol–water partition coefficient (Wildman–Crippen LogP) is 3.01. The summed E-state index contributed by atoms with van der Waals surface area (Å²) in [4.78, 5) is 12.3. The van der Waals surface area contributed by atoms with E-state index in [-0.39, 0.29) is 16.9 Å². The summed E-state index contributed by atoms with van der Waals surface area (Å²) in [5.41, 5.74) is 2.87. The van der Waals surface area contributed by atoms with Gasteiger partial charge in [0, 0.05) is 18.7 Å². The molecule has 1 amide bonds. The molecule has 1 saturated heterocycles. The molecule has 0 spiro atoms. The van der Waals surface area contributed by atoms with Crippen molar-refractivity contribution in [2.45, 2.75) is 37.7 Å². The van der Waals surface area contributed by atoms with Crippen molar-refractivity contribution >= 4 is 21.6 Å². The van der Waals surface area contributed by atoms with E-state index in [4.69, 9.17) is 4.74 Å². The average Bonchev–Trinajstić information content (AvgIpc) is 3.16. The molecule has 0 bridgehead atoms. The molecule has 1 aliphatic heterocycles. The molecule has 0 aliphatic carbocycles. The fourth-order valence-corrected chi connectivity index (χ4v) is 4.16. The van der Waals surface area contributed by atoms with Crippen molar-refractivity contribution in [1.82, 2.24) is 5.32 Å². The quantitative estimate of drug-likeness (QED) is 0.797. The van der Waals surface area contributed by atoms with Crippen LogP contribution in [0.15, 0.2) is 47.4 Å². The molecule has 7 heteroatoms. The number of rotatable bonds is 6. The molecule has 2 aromatic carbocycles. The van der Waals surface area contributed by atoms with Crippen molar-refractivity contribution < 1.29 is 17.9 Å². The Balaban J connectivity index is 1.66. The third kappa shape index (κ3) is 4.87. The maximum atomic E-state index is 12.6. The SMILES string of the molecule is Cc1ccc(NS(=O)(=O)c2ccc(C(=O)NCC3CCCO3)cc2)c(C)c1. The average molecular weight is 388 g/mol. The number of benzene rings is 2. The molecule has 27 heavy (non-hydrogen) atoms. The summed E-state index contributed by atoms with van der Waals surface area (Å²) in [7, 11) is -3.72. The molecule has 0 aromatic heterocycles. The van der Waals surface area contributed by atoms with Crippen LogP contribution in [0.2, 0.25) is 0 Å². The predicted molar refractivity (Wildman–Crippen MR) is 104 cm³/mol. The summed E-state index contributed by atoms with van der Waals surface area (Å²) in [5.74, 6) is -0.239. The van der Waals surface area contributed by atoms with Gasteiger partial charge in [-0.1, -0.05) is 17.7 Å². The molecule has 0 radical (unpaired) electrons. The number of hydrogen-bond donors (Lipinski definition) is 2. The maximum absolute atomic E-state index is 12.6. The number of aryl methyl sites for hydroxylation is 2. The largest absolute Gasteiger partial charge is 0.376 e. The number of nitrogens with one attached hydrogen (secondary N) is 2. The molecular formula is C20H24N2O4S. The molecule has 1 heterocycles. The third-order valence-electron chi connectivity index (χ3n) is 4.57. The molecule has 1 unspecified atom stereocenters. The molecule has 144 valence electrons. The lowest BCUT2D eigenvalue weighted by atomic mass is 10.1. The van der Waals surface area contributed by atoms with Crippen molar-refractivity contribution in [3.63, 3.8) is 0 Å². The van der Waals surface area contributed by atoms with Gasteiger partial charge in [0.2, 0.25) is 0 Å². The zero-order valence-corrected chi connectivity index (χ0v) is 16.3. The minimum Gasteiger partial charge on any atom is -0.376 e. The monoisotopic (exact) mass is 388 g/mol. The number of anilines is 1. The van der Waals surface area contributed by atoms with E-state index in [1.807, 2.05) is 26.0 Å². The molecule has 2 N–H and O–H groups in total. The third-order valence-corrected chi connectivity index (χ3v) is 5.95. The summed E-state index contributed by atoms with van der Waals surface area (Å²) in [6.45, 7) is 5.01. The fourth-order valence-electron chi connectivity index (χ4n) is 3.03. The van der Waals surface area contributed by atoms with Crippen molar-refractivity contribution in [2.24, 2.45) is 0 Å². The van der Waals surface area contributed by atoms with E-state index in [9.17, 15) is 13.2 Å². The maximum Gasteiger partial charge on any atom is 0.261 e. The van der Waals surface area contributed by atoms with E-state index in [2.05, 4.69) is 10.0 Å². The van der Waals surface area contributed by atoms with Gasteiger partial charge in [-0.3, -0.25) is 9.52 Å². The fraction of sp³-hybridized carbons (Fsp3) is 0.350. The Kier molecular flexibility index (Phi) is 5.82. The normalized spacial score (nSPS) is 16.9. The number of sulfonamides is 1. The van der Waals surface area contributed by atoms with Gasteiger partial charge in [-0.15, -0.1) is 0 Å². The van der Waals surface area contributed by atoms with E-state index >= 15 is 0 Å². The van der Waals surface area contributed by atoms with Gasteiger partial charge < -0.3 is 10.1 Å². The molecule has 3 rings (SSSR count). The first-order valence-electron chi connectivity index (χ1n) is 8.95. The highest BCUT2D eigenvalue weighted by molar-refractivity contribution is 7.92. The highest BCUT2D eigenvalue weighted by atomic mass is 32.2. The van der Waals surface area contributed by atoms with E-state index < -0.39 is 10.0 Å². The van der Waals surface area contributed by atoms with Crippen LogP contribution in [-0.4, -0.2) is 33.6 Å². The lowest BCUT2D eigenvalue weighted by Gasteiger charge is -2.12. The van der Waals surface area contributed by atoms with Crippen molar-refractivity contribution in [1.29, 1.82) is 0 Å².